The van der Waals surface area contributed by atoms with Crippen molar-refractivity contribution in [1.82, 2.24) is 9.88 Å². The quantitative estimate of drug-likeness (QED) is 0.915. The van der Waals surface area contributed by atoms with Crippen LogP contribution in [0.4, 0.5) is 0 Å². The number of nitrogens with two attached hydrogens (primary N) is 1. The Hall–Kier alpha value is -0.840. The molecule has 17 heavy (non-hydrogen) atoms. The summed E-state index contributed by atoms with van der Waals surface area (Å²) in [4.78, 5) is 17.3. The van der Waals surface area contributed by atoms with Crippen LogP contribution in [-0.2, 0) is 11.3 Å². The topological polar surface area (TPSA) is 59.2 Å². The molecule has 0 aliphatic rings. The predicted molar refractivity (Wildman–Crippen MR) is 73.5 cm³/mol. The van der Waals surface area contributed by atoms with Crippen molar-refractivity contribution in [2.24, 2.45) is 5.73 Å². The number of carbonyl (C=O) groups is 1. The molecule has 0 unspecified atom stereocenters. The van der Waals surface area contributed by atoms with Gasteiger partial charge in [-0.3, -0.25) is 9.78 Å². The van der Waals surface area contributed by atoms with E-state index in [4.69, 9.17) is 5.73 Å². The van der Waals surface area contributed by atoms with Gasteiger partial charge in [-0.15, -0.1) is 24.8 Å². The van der Waals surface area contributed by atoms with Crippen LogP contribution < -0.4 is 5.73 Å². The Balaban J connectivity index is 0. The van der Waals surface area contributed by atoms with Gasteiger partial charge >= 0.3 is 0 Å². The average Bonchev–Trinajstić information content (AvgIpc) is 2.16. The Morgan fingerprint density at radius 3 is 2.24 bits per heavy atom. The molecule has 6 heteroatoms. The summed E-state index contributed by atoms with van der Waals surface area (Å²) in [6.45, 7) is 3.97. The minimum atomic E-state index is -0.818. The lowest BCUT2D eigenvalue weighted by Crippen LogP contribution is -2.49. The number of hydrogen-bond donors (Lipinski definition) is 1. The second-order valence-corrected chi connectivity index (χ2v) is 4.24. The number of hydrogen-bond acceptors (Lipinski definition) is 3. The smallest absolute Gasteiger partial charge is 0.242 e. The fourth-order valence-corrected chi connectivity index (χ4v) is 1.33. The minimum absolute atomic E-state index is 0. The van der Waals surface area contributed by atoms with Gasteiger partial charge in [-0.2, -0.15) is 0 Å². The van der Waals surface area contributed by atoms with Crippen LogP contribution in [-0.4, -0.2) is 28.4 Å². The average molecular weight is 280 g/mol. The third-order valence-electron chi connectivity index (χ3n) is 2.07. The SMILES string of the molecule is CN(Cc1ccncc1)C(=O)C(C)(C)N.Cl.Cl. The standard InChI is InChI=1S/C11H17N3O.2ClH/c1-11(2,12)10(15)14(3)8-9-4-6-13-7-5-9;;/h4-7H,8,12H2,1-3H3;2*1H. The van der Waals surface area contributed by atoms with E-state index >= 15 is 0 Å². The van der Waals surface area contributed by atoms with E-state index in [1.807, 2.05) is 12.1 Å². The van der Waals surface area contributed by atoms with E-state index in [1.54, 1.807) is 38.2 Å². The zero-order valence-electron chi connectivity index (χ0n) is 10.2. The Bertz CT molecular complexity index is 338. The van der Waals surface area contributed by atoms with E-state index in [9.17, 15) is 4.79 Å². The number of nitrogens with zero attached hydrogens (tertiary/aromatic N) is 2. The molecule has 1 aromatic rings. The molecule has 1 heterocycles. The summed E-state index contributed by atoms with van der Waals surface area (Å²) < 4.78 is 0. The molecule has 2 N–H and O–H groups in total. The second kappa shape index (κ2) is 7.48. The van der Waals surface area contributed by atoms with Gasteiger partial charge in [0, 0.05) is 26.0 Å². The highest BCUT2D eigenvalue weighted by molar-refractivity contribution is 5.85. The lowest BCUT2D eigenvalue weighted by atomic mass is 10.1. The van der Waals surface area contributed by atoms with Gasteiger partial charge in [0.25, 0.3) is 0 Å². The molecule has 1 rings (SSSR count). The molecule has 1 aromatic heterocycles. The molecule has 0 aliphatic heterocycles. The van der Waals surface area contributed by atoms with Gasteiger partial charge in [0.05, 0.1) is 5.54 Å². The first-order valence-corrected chi connectivity index (χ1v) is 4.84. The van der Waals surface area contributed by atoms with E-state index in [0.29, 0.717) is 6.54 Å². The predicted octanol–water partition coefficient (Wildman–Crippen LogP) is 1.62. The van der Waals surface area contributed by atoms with Crippen molar-refractivity contribution in [3.63, 3.8) is 0 Å². The van der Waals surface area contributed by atoms with Crippen LogP contribution in [0, 0.1) is 0 Å². The number of likely N-dealkylation sites (N-methyl/N-ethyl adjacent to an activating group) is 1. The van der Waals surface area contributed by atoms with E-state index in [1.165, 1.54) is 0 Å². The van der Waals surface area contributed by atoms with E-state index in [0.717, 1.165) is 5.56 Å². The molecular weight excluding hydrogens is 261 g/mol. The van der Waals surface area contributed by atoms with Gasteiger partial charge < -0.3 is 10.6 Å². The maximum atomic E-state index is 11.8. The number of halogens is 2. The normalized spacial score (nSPS) is 9.88. The van der Waals surface area contributed by atoms with Gasteiger partial charge in [-0.1, -0.05) is 0 Å². The molecule has 0 saturated carbocycles. The minimum Gasteiger partial charge on any atom is -0.340 e. The fraction of sp³-hybridized carbons (Fsp3) is 0.455. The summed E-state index contributed by atoms with van der Waals surface area (Å²) in [7, 11) is 1.75. The van der Waals surface area contributed by atoms with Crippen LogP contribution in [0.15, 0.2) is 24.5 Å². The Labute approximate surface area is 114 Å². The Morgan fingerprint density at radius 1 is 1.35 bits per heavy atom. The largest absolute Gasteiger partial charge is 0.340 e. The van der Waals surface area contributed by atoms with Crippen molar-refractivity contribution in [3.05, 3.63) is 30.1 Å². The summed E-state index contributed by atoms with van der Waals surface area (Å²) >= 11 is 0. The highest BCUT2D eigenvalue weighted by Crippen LogP contribution is 2.07. The van der Waals surface area contributed by atoms with Gasteiger partial charge in [0.1, 0.15) is 0 Å². The highest BCUT2D eigenvalue weighted by Gasteiger charge is 2.25. The lowest BCUT2D eigenvalue weighted by molar-refractivity contribution is -0.134. The van der Waals surface area contributed by atoms with E-state index in [2.05, 4.69) is 4.98 Å². The van der Waals surface area contributed by atoms with Crippen molar-refractivity contribution in [3.8, 4) is 0 Å². The Morgan fingerprint density at radius 2 is 1.82 bits per heavy atom. The Kier molecular flexibility index (Phi) is 8.15. The first kappa shape index (κ1) is 18.5. The summed E-state index contributed by atoms with van der Waals surface area (Å²) in [5, 5.41) is 0. The van der Waals surface area contributed by atoms with Crippen molar-refractivity contribution in [1.29, 1.82) is 0 Å². The molecule has 4 nitrogen and oxygen atoms in total. The number of aromatic nitrogens is 1. The second-order valence-electron chi connectivity index (χ2n) is 4.24. The zero-order chi connectivity index (χ0) is 11.5. The summed E-state index contributed by atoms with van der Waals surface area (Å²) in [5.41, 5.74) is 5.96. The highest BCUT2D eigenvalue weighted by atomic mass is 35.5. The molecular formula is C11H19Cl2N3O. The third-order valence-corrected chi connectivity index (χ3v) is 2.07. The maximum Gasteiger partial charge on any atom is 0.242 e. The van der Waals surface area contributed by atoms with Gasteiger partial charge in [-0.05, 0) is 31.5 Å². The number of amides is 1. The molecule has 0 radical (unpaired) electrons. The van der Waals surface area contributed by atoms with Gasteiger partial charge in [0.2, 0.25) is 5.91 Å². The number of rotatable bonds is 3. The van der Waals surface area contributed by atoms with Crippen molar-refractivity contribution in [2.45, 2.75) is 25.9 Å². The first-order valence-electron chi connectivity index (χ1n) is 4.84. The van der Waals surface area contributed by atoms with Gasteiger partial charge in [-0.25, -0.2) is 0 Å². The van der Waals surface area contributed by atoms with Crippen LogP contribution in [0.2, 0.25) is 0 Å². The summed E-state index contributed by atoms with van der Waals surface area (Å²) in [6, 6.07) is 3.76. The monoisotopic (exact) mass is 279 g/mol. The van der Waals surface area contributed by atoms with E-state index in [-0.39, 0.29) is 30.7 Å². The van der Waals surface area contributed by atoms with Crippen molar-refractivity contribution in [2.75, 3.05) is 7.05 Å². The van der Waals surface area contributed by atoms with Crippen LogP contribution >= 0.6 is 24.8 Å². The zero-order valence-corrected chi connectivity index (χ0v) is 11.8. The van der Waals surface area contributed by atoms with Gasteiger partial charge in [0.15, 0.2) is 0 Å². The van der Waals surface area contributed by atoms with E-state index < -0.39 is 5.54 Å². The molecule has 0 spiro atoms. The summed E-state index contributed by atoms with van der Waals surface area (Å²) in [6.07, 6.45) is 3.42. The van der Waals surface area contributed by atoms with Crippen molar-refractivity contribution < 1.29 is 4.79 Å². The lowest BCUT2D eigenvalue weighted by Gasteiger charge is -2.25. The number of pyridine rings is 1. The third kappa shape index (κ3) is 5.86. The van der Waals surface area contributed by atoms with Crippen LogP contribution in [0.5, 0.6) is 0 Å². The van der Waals surface area contributed by atoms with Crippen LogP contribution in [0.3, 0.4) is 0 Å². The number of carbonyl (C=O) groups excluding carboxylic acids is 1. The molecule has 0 aromatic carbocycles. The molecule has 0 atom stereocenters. The maximum absolute atomic E-state index is 11.8. The molecule has 0 bridgehead atoms. The molecule has 98 valence electrons. The first-order chi connectivity index (χ1) is 6.91. The van der Waals surface area contributed by atoms with Crippen molar-refractivity contribution >= 4 is 30.7 Å². The summed E-state index contributed by atoms with van der Waals surface area (Å²) in [5.74, 6) is -0.0701. The molecule has 0 fully saturated rings. The van der Waals surface area contributed by atoms with Crippen LogP contribution in [0.1, 0.15) is 19.4 Å². The molecule has 1 amide bonds. The fourth-order valence-electron chi connectivity index (χ4n) is 1.33. The van der Waals surface area contributed by atoms with Crippen LogP contribution in [0.25, 0.3) is 0 Å². The molecule has 0 saturated heterocycles. The molecule has 0 aliphatic carbocycles.